The van der Waals surface area contributed by atoms with Crippen LogP contribution >= 0.6 is 0 Å². The number of H-pyrrole nitrogens is 1. The summed E-state index contributed by atoms with van der Waals surface area (Å²) in [6, 6.07) is 8.13. The summed E-state index contributed by atoms with van der Waals surface area (Å²) in [4.78, 5) is 35.2. The minimum Gasteiger partial charge on any atom is -0.469 e. The lowest BCUT2D eigenvalue weighted by Gasteiger charge is -2.06. The van der Waals surface area contributed by atoms with Crippen LogP contribution in [0.5, 0.6) is 0 Å². The first kappa shape index (κ1) is 19.8. The van der Waals surface area contributed by atoms with Crippen LogP contribution in [0.4, 0.5) is 0 Å². The fourth-order valence-corrected chi connectivity index (χ4v) is 2.34. The number of amidine groups is 1. The quantitative estimate of drug-likeness (QED) is 0.233. The molecule has 27 heavy (non-hydrogen) atoms. The number of aromatic amines is 1. The van der Waals surface area contributed by atoms with E-state index in [0.717, 1.165) is 0 Å². The van der Waals surface area contributed by atoms with Crippen molar-refractivity contribution in [2.75, 3.05) is 13.7 Å². The van der Waals surface area contributed by atoms with Crippen LogP contribution in [0, 0.1) is 5.41 Å². The second-order valence-electron chi connectivity index (χ2n) is 5.78. The number of ether oxygens (including phenoxy) is 1. The molecule has 142 valence electrons. The number of benzene rings is 1. The number of esters is 1. The molecule has 0 bridgehead atoms. The maximum absolute atomic E-state index is 12.3. The van der Waals surface area contributed by atoms with Crippen LogP contribution in [0.3, 0.4) is 0 Å². The Morgan fingerprint density at radius 2 is 1.96 bits per heavy atom. The number of hydrogen-bond donors (Lipinski definition) is 4. The smallest absolute Gasteiger partial charge is 0.305 e. The van der Waals surface area contributed by atoms with Gasteiger partial charge in [-0.3, -0.25) is 19.8 Å². The number of carbonyl (C=O) groups is 2. The third kappa shape index (κ3) is 5.50. The summed E-state index contributed by atoms with van der Waals surface area (Å²) in [7, 11) is 1.32. The Labute approximate surface area is 155 Å². The second kappa shape index (κ2) is 9.27. The van der Waals surface area contributed by atoms with E-state index in [4.69, 9.17) is 11.1 Å². The summed E-state index contributed by atoms with van der Waals surface area (Å²) in [6.45, 7) is 0.334. The minimum absolute atomic E-state index is 0.0522. The molecule has 0 radical (unpaired) electrons. The molecule has 1 aromatic carbocycles. The number of nitrogens with one attached hydrogen (secondary N) is 3. The van der Waals surface area contributed by atoms with E-state index in [-0.39, 0.29) is 23.8 Å². The lowest BCUT2D eigenvalue weighted by Crippen LogP contribution is -2.30. The molecule has 2 rings (SSSR count). The van der Waals surface area contributed by atoms with Gasteiger partial charge in [0.15, 0.2) is 0 Å². The Bertz CT molecular complexity index is 889. The molecule has 5 N–H and O–H groups in total. The standard InChI is InChI=1S/C18H21N5O4/c1-27-15(24)4-2-3-9-21-17(25)13-10-14(22-23-18(13)26)11-5-7-12(8-6-11)16(19)20/h5-8,10H,2-4,9H2,1H3,(H3,19,20)(H,21,25)(H,23,26). The number of amides is 1. The molecule has 2 aromatic rings. The van der Waals surface area contributed by atoms with Gasteiger partial charge in [-0.1, -0.05) is 24.3 Å². The van der Waals surface area contributed by atoms with Gasteiger partial charge in [-0.25, -0.2) is 5.10 Å². The molecular weight excluding hydrogens is 350 g/mol. The van der Waals surface area contributed by atoms with Crippen LogP contribution in [0.25, 0.3) is 11.3 Å². The fourth-order valence-electron chi connectivity index (χ4n) is 2.34. The van der Waals surface area contributed by atoms with Crippen molar-refractivity contribution in [1.82, 2.24) is 15.5 Å². The van der Waals surface area contributed by atoms with Crippen LogP contribution in [0.15, 0.2) is 35.1 Å². The first-order chi connectivity index (χ1) is 12.9. The van der Waals surface area contributed by atoms with Crippen LogP contribution in [0.2, 0.25) is 0 Å². The van der Waals surface area contributed by atoms with Crippen molar-refractivity contribution in [2.24, 2.45) is 5.73 Å². The highest BCUT2D eigenvalue weighted by Gasteiger charge is 2.13. The molecule has 0 aliphatic heterocycles. The Kier molecular flexibility index (Phi) is 6.81. The number of aromatic nitrogens is 2. The highest BCUT2D eigenvalue weighted by Crippen LogP contribution is 2.17. The average Bonchev–Trinajstić information content (AvgIpc) is 2.67. The number of nitrogens with two attached hydrogens (primary N) is 1. The predicted octanol–water partition coefficient (Wildman–Crippen LogP) is 0.794. The zero-order valence-electron chi connectivity index (χ0n) is 14.9. The van der Waals surface area contributed by atoms with Gasteiger partial charge in [-0.15, -0.1) is 0 Å². The van der Waals surface area contributed by atoms with Gasteiger partial charge in [-0.2, -0.15) is 5.10 Å². The van der Waals surface area contributed by atoms with Gasteiger partial charge >= 0.3 is 5.97 Å². The van der Waals surface area contributed by atoms with E-state index in [1.54, 1.807) is 24.3 Å². The number of rotatable bonds is 8. The molecular formula is C18H21N5O4. The van der Waals surface area contributed by atoms with Crippen LogP contribution in [0.1, 0.15) is 35.2 Å². The lowest BCUT2D eigenvalue weighted by atomic mass is 10.1. The molecule has 1 heterocycles. The number of nitrogen functional groups attached to an aromatic ring is 1. The molecule has 9 heteroatoms. The topological polar surface area (TPSA) is 151 Å². The highest BCUT2D eigenvalue weighted by atomic mass is 16.5. The number of carbonyl (C=O) groups excluding carboxylic acids is 2. The maximum atomic E-state index is 12.3. The number of nitrogens with zero attached hydrogens (tertiary/aromatic N) is 1. The van der Waals surface area contributed by atoms with Crippen LogP contribution in [-0.4, -0.2) is 41.6 Å². The zero-order valence-corrected chi connectivity index (χ0v) is 14.9. The van der Waals surface area contributed by atoms with Gasteiger partial charge in [0.05, 0.1) is 12.8 Å². The molecule has 0 spiro atoms. The molecule has 0 unspecified atom stereocenters. The largest absolute Gasteiger partial charge is 0.469 e. The van der Waals surface area contributed by atoms with Crippen molar-refractivity contribution in [3.63, 3.8) is 0 Å². The van der Waals surface area contributed by atoms with Gasteiger partial charge in [0.25, 0.3) is 11.5 Å². The Balaban J connectivity index is 2.03. The van der Waals surface area contributed by atoms with E-state index < -0.39 is 11.5 Å². The molecule has 0 saturated carbocycles. The molecule has 1 amide bonds. The monoisotopic (exact) mass is 371 g/mol. The summed E-state index contributed by atoms with van der Waals surface area (Å²) in [5.41, 5.74) is 6.43. The van der Waals surface area contributed by atoms with E-state index in [1.165, 1.54) is 13.2 Å². The number of unbranched alkanes of at least 4 members (excludes halogenated alkanes) is 1. The molecule has 1 aromatic heterocycles. The lowest BCUT2D eigenvalue weighted by molar-refractivity contribution is -0.140. The Morgan fingerprint density at radius 1 is 1.26 bits per heavy atom. The zero-order chi connectivity index (χ0) is 19.8. The maximum Gasteiger partial charge on any atom is 0.305 e. The average molecular weight is 371 g/mol. The second-order valence-corrected chi connectivity index (χ2v) is 5.78. The SMILES string of the molecule is COC(=O)CCCCNC(=O)c1cc(-c2ccc(C(=N)N)cc2)n[nH]c1=O. The summed E-state index contributed by atoms with van der Waals surface area (Å²) < 4.78 is 4.54. The van der Waals surface area contributed by atoms with Crippen LogP contribution in [-0.2, 0) is 9.53 Å². The van der Waals surface area contributed by atoms with E-state index >= 15 is 0 Å². The van der Waals surface area contributed by atoms with Gasteiger partial charge < -0.3 is 15.8 Å². The van der Waals surface area contributed by atoms with Crippen molar-refractivity contribution in [1.29, 1.82) is 5.41 Å². The van der Waals surface area contributed by atoms with Crippen molar-refractivity contribution in [3.05, 3.63) is 51.8 Å². The van der Waals surface area contributed by atoms with Gasteiger partial charge in [0.2, 0.25) is 0 Å². The van der Waals surface area contributed by atoms with Gasteiger partial charge in [-0.05, 0) is 18.9 Å². The van der Waals surface area contributed by atoms with Crippen molar-refractivity contribution >= 4 is 17.7 Å². The third-order valence-electron chi connectivity index (χ3n) is 3.86. The summed E-state index contributed by atoms with van der Waals surface area (Å²) in [6.07, 6.45) is 1.44. The van der Waals surface area contributed by atoms with Crippen molar-refractivity contribution in [2.45, 2.75) is 19.3 Å². The van der Waals surface area contributed by atoms with Gasteiger partial charge in [0, 0.05) is 24.1 Å². The summed E-state index contributed by atoms with van der Waals surface area (Å²) >= 11 is 0. The van der Waals surface area contributed by atoms with Crippen molar-refractivity contribution < 1.29 is 14.3 Å². The summed E-state index contributed by atoms with van der Waals surface area (Å²) in [5.74, 6) is -0.867. The van der Waals surface area contributed by atoms with E-state index in [9.17, 15) is 14.4 Å². The normalized spacial score (nSPS) is 10.3. The molecule has 0 atom stereocenters. The third-order valence-corrected chi connectivity index (χ3v) is 3.86. The molecule has 0 fully saturated rings. The molecule has 0 aliphatic rings. The highest BCUT2D eigenvalue weighted by molar-refractivity contribution is 5.96. The number of hydrogen-bond acceptors (Lipinski definition) is 6. The van der Waals surface area contributed by atoms with Crippen molar-refractivity contribution in [3.8, 4) is 11.3 Å². The fraction of sp³-hybridized carbons (Fsp3) is 0.278. The van der Waals surface area contributed by atoms with Gasteiger partial charge in [0.1, 0.15) is 11.4 Å². The van der Waals surface area contributed by atoms with E-state index in [0.29, 0.717) is 36.2 Å². The summed E-state index contributed by atoms with van der Waals surface area (Å²) in [5, 5.41) is 16.3. The predicted molar refractivity (Wildman–Crippen MR) is 99.5 cm³/mol. The molecule has 0 saturated heterocycles. The first-order valence-corrected chi connectivity index (χ1v) is 8.32. The molecule has 0 aliphatic carbocycles. The number of methoxy groups -OCH3 is 1. The first-order valence-electron chi connectivity index (χ1n) is 8.32. The Morgan fingerprint density at radius 3 is 2.59 bits per heavy atom. The molecule has 9 nitrogen and oxygen atoms in total. The van der Waals surface area contributed by atoms with Crippen LogP contribution < -0.4 is 16.6 Å². The van der Waals surface area contributed by atoms with E-state index in [2.05, 4.69) is 20.3 Å². The minimum atomic E-state index is -0.592. The Hall–Kier alpha value is -3.49. The van der Waals surface area contributed by atoms with E-state index in [1.807, 2.05) is 0 Å².